The van der Waals surface area contributed by atoms with Crippen LogP contribution in [-0.4, -0.2) is 49.7 Å². The van der Waals surface area contributed by atoms with Gasteiger partial charge < -0.3 is 15.7 Å². The molecule has 86 valence electrons. The number of aliphatic carboxylic acids is 1. The van der Waals surface area contributed by atoms with E-state index in [9.17, 15) is 9.59 Å². The normalized spacial score (nSPS) is 14.8. The third-order valence-electron chi connectivity index (χ3n) is 2.26. The summed E-state index contributed by atoms with van der Waals surface area (Å²) < 4.78 is 0. The van der Waals surface area contributed by atoms with Gasteiger partial charge in [-0.05, 0) is 12.8 Å². The molecule has 8 nitrogen and oxygen atoms in total. The van der Waals surface area contributed by atoms with Crippen molar-refractivity contribution in [2.24, 2.45) is 0 Å². The van der Waals surface area contributed by atoms with E-state index < -0.39 is 11.9 Å². The molecule has 0 bridgehead atoms. The summed E-state index contributed by atoms with van der Waals surface area (Å²) in [5, 5.41) is 14.6. The first-order valence-electron chi connectivity index (χ1n) is 4.78. The van der Waals surface area contributed by atoms with Crippen LogP contribution in [0.5, 0.6) is 0 Å². The number of amides is 1. The van der Waals surface area contributed by atoms with Gasteiger partial charge in [-0.25, -0.2) is 0 Å². The van der Waals surface area contributed by atoms with E-state index in [4.69, 9.17) is 10.8 Å². The minimum atomic E-state index is -1.05. The Hall–Kier alpha value is -2.12. The van der Waals surface area contributed by atoms with Gasteiger partial charge in [0, 0.05) is 6.04 Å². The summed E-state index contributed by atoms with van der Waals surface area (Å²) in [6, 6.07) is -0.00470. The number of nitrogen functional groups attached to an aromatic ring is 1. The second kappa shape index (κ2) is 3.80. The van der Waals surface area contributed by atoms with Gasteiger partial charge in [0.2, 0.25) is 11.8 Å². The van der Waals surface area contributed by atoms with Crippen LogP contribution in [0.4, 0.5) is 5.95 Å². The summed E-state index contributed by atoms with van der Waals surface area (Å²) in [7, 11) is 0. The fraction of sp³-hybridized carbons (Fsp3) is 0.500. The summed E-state index contributed by atoms with van der Waals surface area (Å²) in [5.74, 6) is -1.58. The monoisotopic (exact) mass is 225 g/mol. The molecule has 1 aromatic rings. The number of carboxylic acid groups (broad SMARTS) is 1. The molecule has 0 radical (unpaired) electrons. The lowest BCUT2D eigenvalue weighted by molar-refractivity contribution is -0.137. The Labute approximate surface area is 90.4 Å². The van der Waals surface area contributed by atoms with Gasteiger partial charge in [0.15, 0.2) is 0 Å². The molecule has 0 aromatic carbocycles. The molecule has 16 heavy (non-hydrogen) atoms. The topological polar surface area (TPSA) is 125 Å². The summed E-state index contributed by atoms with van der Waals surface area (Å²) in [4.78, 5) is 27.4. The molecule has 1 heterocycles. The lowest BCUT2D eigenvalue weighted by Crippen LogP contribution is -2.38. The molecule has 1 aliphatic carbocycles. The zero-order valence-corrected chi connectivity index (χ0v) is 8.38. The smallest absolute Gasteiger partial charge is 0.323 e. The van der Waals surface area contributed by atoms with E-state index in [2.05, 4.69) is 15.2 Å². The van der Waals surface area contributed by atoms with Crippen LogP contribution in [0.2, 0.25) is 0 Å². The Morgan fingerprint density at radius 2 is 2.25 bits per heavy atom. The van der Waals surface area contributed by atoms with Gasteiger partial charge in [-0.2, -0.15) is 4.98 Å². The molecule has 2 rings (SSSR count). The molecule has 0 unspecified atom stereocenters. The highest BCUT2D eigenvalue weighted by Gasteiger charge is 2.35. The minimum absolute atomic E-state index is 0.00470. The first kappa shape index (κ1) is 10.4. The highest BCUT2D eigenvalue weighted by molar-refractivity contribution is 5.93. The molecule has 0 atom stereocenters. The molecule has 1 fully saturated rings. The number of carbonyl (C=O) groups is 2. The average Bonchev–Trinajstić information content (AvgIpc) is 2.96. The van der Waals surface area contributed by atoms with E-state index >= 15 is 0 Å². The number of nitrogens with two attached hydrogens (primary N) is 1. The van der Waals surface area contributed by atoms with Crippen LogP contribution in [0.25, 0.3) is 0 Å². The fourth-order valence-corrected chi connectivity index (χ4v) is 1.41. The maximum absolute atomic E-state index is 11.8. The van der Waals surface area contributed by atoms with Crippen molar-refractivity contribution in [3.63, 3.8) is 0 Å². The van der Waals surface area contributed by atoms with Crippen molar-refractivity contribution in [1.82, 2.24) is 20.1 Å². The van der Waals surface area contributed by atoms with E-state index in [1.54, 1.807) is 0 Å². The number of H-pyrrole nitrogens is 1. The van der Waals surface area contributed by atoms with Crippen LogP contribution in [0.1, 0.15) is 23.5 Å². The molecule has 0 saturated heterocycles. The molecular weight excluding hydrogens is 214 g/mol. The average molecular weight is 225 g/mol. The quantitative estimate of drug-likeness (QED) is 0.608. The maximum atomic E-state index is 11.8. The SMILES string of the molecule is Nc1n[nH]c(C(=O)N(CC(=O)O)C2CC2)n1. The summed E-state index contributed by atoms with van der Waals surface area (Å²) in [6.45, 7) is -0.329. The lowest BCUT2D eigenvalue weighted by Gasteiger charge is -2.18. The van der Waals surface area contributed by atoms with Gasteiger partial charge >= 0.3 is 5.97 Å². The first-order chi connectivity index (χ1) is 7.58. The number of nitrogens with zero attached hydrogens (tertiary/aromatic N) is 3. The predicted molar refractivity (Wildman–Crippen MR) is 52.5 cm³/mol. The Morgan fingerprint density at radius 1 is 1.56 bits per heavy atom. The van der Waals surface area contributed by atoms with Crippen molar-refractivity contribution < 1.29 is 14.7 Å². The largest absolute Gasteiger partial charge is 0.480 e. The molecule has 1 aliphatic rings. The van der Waals surface area contributed by atoms with Gasteiger partial charge in [-0.1, -0.05) is 0 Å². The Bertz CT molecular complexity index is 425. The second-order valence-corrected chi connectivity index (χ2v) is 3.60. The number of aromatic nitrogens is 3. The lowest BCUT2D eigenvalue weighted by atomic mass is 10.4. The summed E-state index contributed by atoms with van der Waals surface area (Å²) in [5.41, 5.74) is 5.27. The van der Waals surface area contributed by atoms with Crippen molar-refractivity contribution in [1.29, 1.82) is 0 Å². The fourth-order valence-electron chi connectivity index (χ4n) is 1.41. The van der Waals surface area contributed by atoms with E-state index in [1.165, 1.54) is 4.90 Å². The third-order valence-corrected chi connectivity index (χ3v) is 2.26. The molecule has 0 spiro atoms. The van der Waals surface area contributed by atoms with Crippen molar-refractivity contribution in [3.8, 4) is 0 Å². The number of hydrogen-bond donors (Lipinski definition) is 3. The standard InChI is InChI=1S/C8H11N5O3/c9-8-10-6(11-12-8)7(16)13(3-5(14)15)4-1-2-4/h4H,1-3H2,(H,14,15)(H3,9,10,11,12). The van der Waals surface area contributed by atoms with Gasteiger partial charge in [-0.15, -0.1) is 5.10 Å². The molecule has 0 aliphatic heterocycles. The van der Waals surface area contributed by atoms with Crippen LogP contribution in [0, 0.1) is 0 Å². The van der Waals surface area contributed by atoms with Crippen LogP contribution < -0.4 is 5.73 Å². The van der Waals surface area contributed by atoms with Crippen LogP contribution in [0.15, 0.2) is 0 Å². The van der Waals surface area contributed by atoms with Gasteiger partial charge in [-0.3, -0.25) is 14.7 Å². The minimum Gasteiger partial charge on any atom is -0.480 e. The van der Waals surface area contributed by atoms with Crippen molar-refractivity contribution in [2.75, 3.05) is 12.3 Å². The van der Waals surface area contributed by atoms with Crippen molar-refractivity contribution >= 4 is 17.8 Å². The summed E-state index contributed by atoms with van der Waals surface area (Å²) in [6.07, 6.45) is 1.64. The van der Waals surface area contributed by atoms with Gasteiger partial charge in [0.1, 0.15) is 6.54 Å². The Balaban J connectivity index is 2.13. The number of carboxylic acids is 1. The van der Waals surface area contributed by atoms with Crippen molar-refractivity contribution in [3.05, 3.63) is 5.82 Å². The number of aromatic amines is 1. The molecular formula is C8H11N5O3. The second-order valence-electron chi connectivity index (χ2n) is 3.60. The van der Waals surface area contributed by atoms with E-state index in [0.717, 1.165) is 12.8 Å². The molecule has 1 amide bonds. The number of anilines is 1. The molecule has 1 saturated carbocycles. The van der Waals surface area contributed by atoms with Crippen LogP contribution in [0.3, 0.4) is 0 Å². The van der Waals surface area contributed by atoms with E-state index in [1.807, 2.05) is 0 Å². The van der Waals surface area contributed by atoms with E-state index in [0.29, 0.717) is 0 Å². The molecule has 8 heteroatoms. The van der Waals surface area contributed by atoms with Gasteiger partial charge in [0.05, 0.1) is 0 Å². The van der Waals surface area contributed by atoms with Gasteiger partial charge in [0.25, 0.3) is 5.91 Å². The number of nitrogens with one attached hydrogen (secondary N) is 1. The zero-order chi connectivity index (χ0) is 11.7. The summed E-state index contributed by atoms with van der Waals surface area (Å²) >= 11 is 0. The zero-order valence-electron chi connectivity index (χ0n) is 8.38. The molecule has 4 N–H and O–H groups in total. The maximum Gasteiger partial charge on any atom is 0.323 e. The van der Waals surface area contributed by atoms with Crippen LogP contribution >= 0.6 is 0 Å². The highest BCUT2D eigenvalue weighted by atomic mass is 16.4. The Kier molecular flexibility index (Phi) is 2.47. The predicted octanol–water partition coefficient (Wildman–Crippen LogP) is -0.924. The number of hydrogen-bond acceptors (Lipinski definition) is 5. The number of carbonyl (C=O) groups excluding carboxylic acids is 1. The molecule has 1 aromatic heterocycles. The van der Waals surface area contributed by atoms with Crippen LogP contribution in [-0.2, 0) is 4.79 Å². The Morgan fingerprint density at radius 3 is 2.69 bits per heavy atom. The number of rotatable bonds is 4. The highest BCUT2D eigenvalue weighted by Crippen LogP contribution is 2.27. The van der Waals surface area contributed by atoms with Crippen molar-refractivity contribution in [2.45, 2.75) is 18.9 Å². The van der Waals surface area contributed by atoms with E-state index in [-0.39, 0.29) is 24.4 Å². The first-order valence-corrected chi connectivity index (χ1v) is 4.78. The third kappa shape index (κ3) is 2.10.